The van der Waals surface area contributed by atoms with Crippen LogP contribution in [-0.2, 0) is 9.59 Å². The number of carbonyl (C=O) groups excluding carboxylic acids is 2. The summed E-state index contributed by atoms with van der Waals surface area (Å²) < 4.78 is 23.2. The summed E-state index contributed by atoms with van der Waals surface area (Å²) in [5, 5.41) is 16.3. The summed E-state index contributed by atoms with van der Waals surface area (Å²) in [5.41, 5.74) is 15.0. The van der Waals surface area contributed by atoms with E-state index in [4.69, 9.17) is 18.1 Å². The number of amides is 2. The normalized spacial score (nSPS) is 12.8. The van der Waals surface area contributed by atoms with Gasteiger partial charge in [0, 0.05) is 51.8 Å². The van der Waals surface area contributed by atoms with Gasteiger partial charge >= 0.3 is 0 Å². The Morgan fingerprint density at radius 2 is 1.04 bits per heavy atom. The number of hydrogen-bond acceptors (Lipinski definition) is 12. The van der Waals surface area contributed by atoms with Crippen LogP contribution < -0.4 is 0 Å². The molecule has 0 aliphatic carbocycles. The second-order valence-corrected chi connectivity index (χ2v) is 14.6. The van der Waals surface area contributed by atoms with E-state index in [9.17, 15) is 9.59 Å². The molecule has 0 bridgehead atoms. The Balaban J connectivity index is 0.000000141. The van der Waals surface area contributed by atoms with Gasteiger partial charge in [0.1, 0.15) is 28.6 Å². The van der Waals surface area contributed by atoms with E-state index in [2.05, 4.69) is 90.8 Å². The Morgan fingerprint density at radius 1 is 0.582 bits per heavy atom. The van der Waals surface area contributed by atoms with Crippen LogP contribution in [0.25, 0.3) is 66.6 Å². The highest BCUT2D eigenvalue weighted by molar-refractivity contribution is 9.10. The molecule has 0 unspecified atom stereocenters. The van der Waals surface area contributed by atoms with E-state index in [0.29, 0.717) is 12.8 Å². The second-order valence-electron chi connectivity index (χ2n) is 13.1. The van der Waals surface area contributed by atoms with E-state index in [1.807, 2.05) is 55.4 Å². The number of imidazole rings is 2. The lowest BCUT2D eigenvalue weighted by Gasteiger charge is -2.10. The molecule has 2 N–H and O–H groups in total. The van der Waals surface area contributed by atoms with E-state index in [0.717, 1.165) is 121 Å². The molecule has 0 atom stereocenters. The van der Waals surface area contributed by atoms with Crippen LogP contribution in [0.1, 0.15) is 58.7 Å². The van der Waals surface area contributed by atoms with Crippen LogP contribution in [0.5, 0.6) is 0 Å². The number of hydrogen-bond donors (Lipinski definition) is 2. The van der Waals surface area contributed by atoms with Crippen LogP contribution in [0, 0.1) is 55.4 Å². The number of H-pyrrole nitrogens is 2. The van der Waals surface area contributed by atoms with Gasteiger partial charge < -0.3 is 28.1 Å². The minimum absolute atomic E-state index is 0.144. The highest BCUT2D eigenvalue weighted by Gasteiger charge is 2.27. The largest absolute Gasteiger partial charge is 0.361 e. The molecule has 15 nitrogen and oxygen atoms in total. The Morgan fingerprint density at radius 3 is 1.51 bits per heavy atom. The maximum Gasteiger partial charge on any atom is 0.239 e. The lowest BCUT2D eigenvalue weighted by atomic mass is 9.96. The minimum Gasteiger partial charge on any atom is -0.361 e. The highest BCUT2D eigenvalue weighted by Crippen LogP contribution is 2.43. The molecule has 1 fully saturated rings. The quantitative estimate of drug-likeness (QED) is 0.126. The van der Waals surface area contributed by atoms with Crippen LogP contribution in [0.4, 0.5) is 0 Å². The van der Waals surface area contributed by atoms with Crippen molar-refractivity contribution in [3.05, 3.63) is 81.1 Å². The fourth-order valence-corrected chi connectivity index (χ4v) is 7.85. The summed E-state index contributed by atoms with van der Waals surface area (Å²) in [6, 6.07) is 6.27. The van der Waals surface area contributed by atoms with Gasteiger partial charge in [-0.2, -0.15) is 0 Å². The molecular weight excluding hydrogens is 838 g/mol. The molecule has 2 aromatic carbocycles. The Labute approximate surface area is 330 Å². The average molecular weight is 874 g/mol. The lowest BCUT2D eigenvalue weighted by molar-refractivity contribution is -0.131. The van der Waals surface area contributed by atoms with Crippen LogP contribution >= 0.6 is 32.1 Å². The maximum atomic E-state index is 10.4. The smallest absolute Gasteiger partial charge is 0.239 e. The summed E-state index contributed by atoms with van der Waals surface area (Å²) in [4.78, 5) is 36.2. The van der Waals surface area contributed by atoms with Crippen molar-refractivity contribution < 1.29 is 27.7 Å². The lowest BCUT2D eigenvalue weighted by Crippen LogP contribution is -2.16. The molecule has 8 aromatic rings. The van der Waals surface area contributed by atoms with E-state index in [1.165, 1.54) is 0 Å². The predicted molar refractivity (Wildman–Crippen MR) is 210 cm³/mol. The molecule has 55 heavy (non-hydrogen) atoms. The van der Waals surface area contributed by atoms with E-state index in [-0.39, 0.29) is 11.8 Å². The molecular formula is C38H35Br2N9O6. The topological polar surface area (TPSA) is 199 Å². The average Bonchev–Trinajstić information content (AvgIpc) is 4.04. The Kier molecular flexibility index (Phi) is 10.2. The van der Waals surface area contributed by atoms with Gasteiger partial charge in [0.2, 0.25) is 11.8 Å². The molecule has 0 radical (unpaired) electrons. The number of aromatic nitrogens is 8. The zero-order valence-electron chi connectivity index (χ0n) is 31.1. The third kappa shape index (κ3) is 6.82. The monoisotopic (exact) mass is 871 g/mol. The first-order chi connectivity index (χ1) is 26.3. The van der Waals surface area contributed by atoms with Crippen LogP contribution in [0.2, 0.25) is 0 Å². The van der Waals surface area contributed by atoms with Gasteiger partial charge in [0.15, 0.2) is 0 Å². The first-order valence-electron chi connectivity index (χ1n) is 17.1. The number of nitrogens with one attached hydrogen (secondary N) is 2. The third-order valence-corrected chi connectivity index (χ3v) is 11.0. The number of nitrogens with zero attached hydrogens (tertiary/aromatic N) is 7. The van der Waals surface area contributed by atoms with Gasteiger partial charge in [-0.1, -0.05) is 20.6 Å². The van der Waals surface area contributed by atoms with Crippen LogP contribution in [-0.4, -0.2) is 56.3 Å². The molecule has 0 saturated carbocycles. The van der Waals surface area contributed by atoms with Crippen molar-refractivity contribution in [2.75, 3.05) is 0 Å². The van der Waals surface area contributed by atoms with Crippen molar-refractivity contribution in [2.24, 2.45) is 0 Å². The third-order valence-electron chi connectivity index (χ3n) is 9.39. The molecule has 282 valence electrons. The number of carbonyl (C=O) groups is 2. The van der Waals surface area contributed by atoms with E-state index < -0.39 is 0 Å². The van der Waals surface area contributed by atoms with Gasteiger partial charge in [0.25, 0.3) is 0 Å². The summed E-state index contributed by atoms with van der Waals surface area (Å²) in [6.45, 7) is 15.4. The molecule has 6 aromatic heterocycles. The van der Waals surface area contributed by atoms with Crippen LogP contribution in [0.15, 0.2) is 53.4 Å². The molecule has 1 saturated heterocycles. The second kappa shape index (κ2) is 14.9. The molecule has 17 heteroatoms. The molecule has 9 rings (SSSR count). The van der Waals surface area contributed by atoms with Gasteiger partial charge in [0.05, 0.1) is 72.6 Å². The summed E-state index contributed by atoms with van der Waals surface area (Å²) in [5.74, 6) is 2.84. The maximum absolute atomic E-state index is 10.4. The fourth-order valence-electron chi connectivity index (χ4n) is 6.88. The Bertz CT molecular complexity index is 2650. The SMILES string of the molecule is Cc1noc(C)c1-c1cc(-c2c(C)noc2C)c2[nH]cnc2c1Br.Cc1noc(C)c1-c1cc(-c2c(C)noc2C)c2nc[nH]c2c1.O=C1CCC(=O)N1Br. The molecule has 2 amide bonds. The van der Waals surface area contributed by atoms with Crippen molar-refractivity contribution in [3.63, 3.8) is 0 Å². The van der Waals surface area contributed by atoms with Gasteiger partial charge in [-0.25, -0.2) is 13.9 Å². The minimum atomic E-state index is -0.144. The highest BCUT2D eigenvalue weighted by atomic mass is 79.9. The molecule has 1 aliphatic rings. The number of aryl methyl sites for hydroxylation is 8. The van der Waals surface area contributed by atoms with Gasteiger partial charge in [-0.3, -0.25) is 9.59 Å². The zero-order valence-corrected chi connectivity index (χ0v) is 34.3. The van der Waals surface area contributed by atoms with Crippen LogP contribution in [0.3, 0.4) is 0 Å². The number of rotatable bonds is 4. The van der Waals surface area contributed by atoms with E-state index >= 15 is 0 Å². The van der Waals surface area contributed by atoms with Crippen molar-refractivity contribution in [1.29, 1.82) is 0 Å². The van der Waals surface area contributed by atoms with Gasteiger partial charge in [-0.15, -0.1) is 0 Å². The fraction of sp³-hybridized carbons (Fsp3) is 0.263. The first-order valence-corrected chi connectivity index (χ1v) is 18.6. The predicted octanol–water partition coefficient (Wildman–Crippen LogP) is 9.42. The standard InChI is InChI=1S/C17H15BrN4O2.C17H16N4O2.C4H4BrNO2/c1-7-13(9(3)23-21-7)11-5-12(14-8(2)22-24-10(14)4)16-17(15(11)18)20-6-19-16;1-8-15(10(3)22-20-8)12-5-13(16-9(2)21-23-11(16)4)17-14(6-12)18-7-19-17;5-6-3(7)1-2-4(6)8/h5-6H,1-4H3,(H,19,20);5-7H,1-4H3,(H,18,19);1-2H2. The van der Waals surface area contributed by atoms with Crippen molar-refractivity contribution in [2.45, 2.75) is 68.2 Å². The van der Waals surface area contributed by atoms with E-state index in [1.54, 1.807) is 12.7 Å². The molecule has 7 heterocycles. The molecule has 0 spiro atoms. The van der Waals surface area contributed by atoms with Crippen molar-refractivity contribution in [3.8, 4) is 44.5 Å². The summed E-state index contributed by atoms with van der Waals surface area (Å²) >= 11 is 6.50. The summed E-state index contributed by atoms with van der Waals surface area (Å²) in [7, 11) is 0. The number of aromatic amines is 2. The summed E-state index contributed by atoms with van der Waals surface area (Å²) in [6.07, 6.45) is 4.09. The van der Waals surface area contributed by atoms with Gasteiger partial charge in [-0.05, 0) is 95.1 Å². The van der Waals surface area contributed by atoms with Crippen molar-refractivity contribution in [1.82, 2.24) is 44.5 Å². The number of halogens is 2. The first kappa shape index (κ1) is 37.6. The number of fused-ring (bicyclic) bond motifs is 2. The molecule has 1 aliphatic heterocycles. The van der Waals surface area contributed by atoms with Crippen molar-refractivity contribution >= 4 is 66.0 Å². The zero-order chi connectivity index (χ0) is 39.3. The Hall–Kier alpha value is -5.68. The number of imide groups is 1. The number of benzene rings is 2.